The number of carboxylic acids is 1. The number of hydrogen-bond acceptors (Lipinski definition) is 5. The predicted octanol–water partition coefficient (Wildman–Crippen LogP) is 2.71. The Kier molecular flexibility index (Phi) is 3.10. The Bertz CT molecular complexity index is 1020. The van der Waals surface area contributed by atoms with E-state index < -0.39 is 5.97 Å². The lowest BCUT2D eigenvalue weighted by molar-refractivity contribution is -0.118. The number of thiazole rings is 1. The second-order valence-electron chi connectivity index (χ2n) is 5.53. The Labute approximate surface area is 140 Å². The summed E-state index contributed by atoms with van der Waals surface area (Å²) >= 11 is 1.15. The first-order valence-corrected chi connectivity index (χ1v) is 8.06. The van der Waals surface area contributed by atoms with Gasteiger partial charge in [-0.2, -0.15) is 0 Å². The van der Waals surface area contributed by atoms with Gasteiger partial charge in [0.1, 0.15) is 10.6 Å². The Balaban J connectivity index is 1.85. The lowest BCUT2D eigenvalue weighted by Crippen LogP contribution is -2.25. The largest absolute Gasteiger partial charge is 0.482 e. The monoisotopic (exact) mass is 343 g/mol. The maximum Gasteiger partial charge on any atom is 0.347 e. The molecule has 0 unspecified atom stereocenters. The van der Waals surface area contributed by atoms with Crippen molar-refractivity contribution in [1.82, 2.24) is 9.38 Å². The summed E-state index contributed by atoms with van der Waals surface area (Å²) in [4.78, 5) is 28.2. The molecule has 122 valence electrons. The van der Waals surface area contributed by atoms with E-state index in [-0.39, 0.29) is 12.5 Å². The maximum absolute atomic E-state index is 11.5. The van der Waals surface area contributed by atoms with Crippen molar-refractivity contribution in [3.8, 4) is 17.0 Å². The van der Waals surface area contributed by atoms with Gasteiger partial charge in [0.05, 0.1) is 11.4 Å². The van der Waals surface area contributed by atoms with Crippen molar-refractivity contribution in [3.05, 3.63) is 34.5 Å². The van der Waals surface area contributed by atoms with E-state index >= 15 is 0 Å². The normalized spacial score (nSPS) is 13.5. The fourth-order valence-electron chi connectivity index (χ4n) is 2.91. The summed E-state index contributed by atoms with van der Waals surface area (Å²) in [7, 11) is 0. The number of hydrogen-bond donors (Lipinski definition) is 2. The number of aryl methyl sites for hydroxylation is 2. The number of amides is 1. The van der Waals surface area contributed by atoms with Crippen LogP contribution in [0.1, 0.15) is 21.1 Å². The van der Waals surface area contributed by atoms with E-state index in [0.717, 1.165) is 28.3 Å². The van der Waals surface area contributed by atoms with Crippen molar-refractivity contribution in [1.29, 1.82) is 0 Å². The summed E-state index contributed by atoms with van der Waals surface area (Å²) in [6.45, 7) is 3.68. The second kappa shape index (κ2) is 5.07. The smallest absolute Gasteiger partial charge is 0.347 e. The lowest BCUT2D eigenvalue weighted by atomic mass is 10.1. The minimum absolute atomic E-state index is 0.0166. The Morgan fingerprint density at radius 1 is 1.38 bits per heavy atom. The molecule has 2 N–H and O–H groups in total. The molecule has 3 aromatic rings. The molecule has 0 spiro atoms. The van der Waals surface area contributed by atoms with Crippen LogP contribution in [0.3, 0.4) is 0 Å². The molecule has 4 rings (SSSR count). The minimum Gasteiger partial charge on any atom is -0.482 e. The Hall–Kier alpha value is -2.87. The van der Waals surface area contributed by atoms with E-state index in [4.69, 9.17) is 4.74 Å². The van der Waals surface area contributed by atoms with Gasteiger partial charge in [-0.05, 0) is 32.0 Å². The van der Waals surface area contributed by atoms with Crippen LogP contribution in [0, 0.1) is 13.8 Å². The van der Waals surface area contributed by atoms with Gasteiger partial charge in [0.2, 0.25) is 0 Å². The van der Waals surface area contributed by atoms with E-state index in [0.29, 0.717) is 27.0 Å². The number of nitrogens with one attached hydrogen (secondary N) is 1. The molecule has 1 aliphatic rings. The minimum atomic E-state index is -0.947. The molecule has 7 nitrogen and oxygen atoms in total. The third-order valence-electron chi connectivity index (χ3n) is 4.01. The van der Waals surface area contributed by atoms with E-state index in [1.165, 1.54) is 0 Å². The topological polar surface area (TPSA) is 92.9 Å². The lowest BCUT2D eigenvalue weighted by Gasteiger charge is -2.18. The molecule has 8 heteroatoms. The van der Waals surface area contributed by atoms with Crippen LogP contribution in [0.15, 0.2) is 18.2 Å². The summed E-state index contributed by atoms with van der Waals surface area (Å²) < 4.78 is 7.21. The molecule has 1 aliphatic heterocycles. The molecule has 24 heavy (non-hydrogen) atoms. The molecule has 0 bridgehead atoms. The number of rotatable bonds is 2. The van der Waals surface area contributed by atoms with Crippen LogP contribution in [-0.4, -0.2) is 33.0 Å². The Morgan fingerprint density at radius 3 is 2.88 bits per heavy atom. The van der Waals surface area contributed by atoms with Crippen LogP contribution in [0.25, 0.3) is 16.2 Å². The molecule has 3 heterocycles. The van der Waals surface area contributed by atoms with Crippen molar-refractivity contribution >= 4 is 33.9 Å². The van der Waals surface area contributed by atoms with Gasteiger partial charge < -0.3 is 15.2 Å². The summed E-state index contributed by atoms with van der Waals surface area (Å²) in [6, 6.07) is 5.50. The van der Waals surface area contributed by atoms with Crippen molar-refractivity contribution in [2.45, 2.75) is 13.8 Å². The number of anilines is 1. The number of nitrogens with zero attached hydrogens (tertiary/aromatic N) is 2. The highest BCUT2D eigenvalue weighted by atomic mass is 32.1. The third kappa shape index (κ3) is 2.07. The molecular weight excluding hydrogens is 330 g/mol. The van der Waals surface area contributed by atoms with Gasteiger partial charge in [0.25, 0.3) is 5.91 Å². The number of benzene rings is 1. The highest BCUT2D eigenvalue weighted by Gasteiger charge is 2.22. The van der Waals surface area contributed by atoms with Crippen molar-refractivity contribution < 1.29 is 19.4 Å². The second-order valence-corrected chi connectivity index (χ2v) is 6.51. The predicted molar refractivity (Wildman–Crippen MR) is 89.1 cm³/mol. The van der Waals surface area contributed by atoms with E-state index in [2.05, 4.69) is 10.3 Å². The fourth-order valence-corrected chi connectivity index (χ4v) is 3.92. The zero-order chi connectivity index (χ0) is 17.0. The number of carbonyl (C=O) groups excluding carboxylic acids is 1. The summed E-state index contributed by atoms with van der Waals surface area (Å²) in [5.74, 6) is -0.511. The van der Waals surface area contributed by atoms with Gasteiger partial charge in [-0.25, -0.2) is 9.78 Å². The van der Waals surface area contributed by atoms with Crippen LogP contribution in [0.2, 0.25) is 0 Å². The van der Waals surface area contributed by atoms with Crippen LogP contribution in [0.5, 0.6) is 5.75 Å². The summed E-state index contributed by atoms with van der Waals surface area (Å²) in [6.07, 6.45) is 0. The average molecular weight is 343 g/mol. The van der Waals surface area contributed by atoms with Crippen LogP contribution in [0.4, 0.5) is 5.69 Å². The number of imidazole rings is 1. The van der Waals surface area contributed by atoms with Gasteiger partial charge in [0, 0.05) is 17.0 Å². The molecular formula is C16H13N3O4S. The molecule has 0 fully saturated rings. The molecule has 0 saturated heterocycles. The first kappa shape index (κ1) is 14.7. The zero-order valence-electron chi connectivity index (χ0n) is 12.9. The van der Waals surface area contributed by atoms with Crippen molar-refractivity contribution in [2.24, 2.45) is 0 Å². The quantitative estimate of drug-likeness (QED) is 0.746. The van der Waals surface area contributed by atoms with E-state index in [9.17, 15) is 14.7 Å². The van der Waals surface area contributed by atoms with Crippen molar-refractivity contribution in [2.75, 3.05) is 11.9 Å². The van der Waals surface area contributed by atoms with Gasteiger partial charge in [0.15, 0.2) is 11.6 Å². The highest BCUT2D eigenvalue weighted by molar-refractivity contribution is 7.19. The Morgan fingerprint density at radius 2 is 2.17 bits per heavy atom. The molecule has 1 aromatic carbocycles. The first-order valence-electron chi connectivity index (χ1n) is 7.24. The van der Waals surface area contributed by atoms with Crippen molar-refractivity contribution in [3.63, 3.8) is 0 Å². The number of ether oxygens (including phenoxy) is 1. The average Bonchev–Trinajstić information content (AvgIpc) is 3.04. The zero-order valence-corrected chi connectivity index (χ0v) is 13.7. The summed E-state index contributed by atoms with van der Waals surface area (Å²) in [5.41, 5.74) is 3.72. The number of aromatic nitrogens is 2. The number of aromatic carboxylic acids is 1. The molecule has 0 radical (unpaired) electrons. The standard InChI is InChI=1S/C16H13N3O4S/c1-7-13(18-16-19(7)8(2)14(24-16)15(21)22)9-3-4-11-10(5-9)17-12(20)6-23-11/h3-5H,6H2,1-2H3,(H,17,20)(H,21,22). The SMILES string of the molecule is Cc1c(-c2ccc3c(c2)NC(=O)CO3)nc2sc(C(=O)O)c(C)n12. The fraction of sp³-hybridized carbons (Fsp3) is 0.188. The van der Waals surface area contributed by atoms with Gasteiger partial charge in [-0.15, -0.1) is 0 Å². The van der Waals surface area contributed by atoms with E-state index in [1.807, 2.05) is 23.5 Å². The van der Waals surface area contributed by atoms with E-state index in [1.54, 1.807) is 13.0 Å². The summed E-state index contributed by atoms with van der Waals surface area (Å²) in [5, 5.41) is 12.0. The molecule has 1 amide bonds. The third-order valence-corrected chi connectivity index (χ3v) is 5.14. The highest BCUT2D eigenvalue weighted by Crippen LogP contribution is 2.35. The van der Waals surface area contributed by atoms with Crippen LogP contribution < -0.4 is 10.1 Å². The number of carbonyl (C=O) groups is 2. The molecule has 0 aliphatic carbocycles. The van der Waals surface area contributed by atoms with Crippen LogP contribution >= 0.6 is 11.3 Å². The molecule has 0 atom stereocenters. The van der Waals surface area contributed by atoms with Gasteiger partial charge >= 0.3 is 5.97 Å². The maximum atomic E-state index is 11.5. The molecule has 0 saturated carbocycles. The van der Waals surface area contributed by atoms with Gasteiger partial charge in [-0.3, -0.25) is 9.20 Å². The van der Waals surface area contributed by atoms with Crippen LogP contribution in [-0.2, 0) is 4.79 Å². The number of fused-ring (bicyclic) bond motifs is 2. The molecule has 2 aromatic heterocycles. The number of carboxylic acid groups (broad SMARTS) is 1. The first-order chi connectivity index (χ1) is 11.5. The van der Waals surface area contributed by atoms with Gasteiger partial charge in [-0.1, -0.05) is 11.3 Å².